The van der Waals surface area contributed by atoms with E-state index in [0.29, 0.717) is 32.0 Å². The Morgan fingerprint density at radius 1 is 1.22 bits per heavy atom. The minimum atomic E-state index is -0.140. The minimum absolute atomic E-state index is 0.0183. The highest BCUT2D eigenvalue weighted by atomic mass is 16.2. The van der Waals surface area contributed by atoms with Crippen LogP contribution in [0.1, 0.15) is 25.7 Å². The maximum atomic E-state index is 11.7. The third-order valence-electron chi connectivity index (χ3n) is 3.18. The molecule has 0 aromatic heterocycles. The van der Waals surface area contributed by atoms with Crippen molar-refractivity contribution in [3.05, 3.63) is 0 Å². The van der Waals surface area contributed by atoms with Crippen molar-refractivity contribution in [2.24, 2.45) is 0 Å². The molecule has 0 aromatic carbocycles. The Hall–Kier alpha value is -1.14. The predicted molar refractivity (Wildman–Crippen MR) is 68.1 cm³/mol. The molecule has 0 aromatic rings. The van der Waals surface area contributed by atoms with E-state index in [4.69, 9.17) is 0 Å². The Morgan fingerprint density at radius 2 is 2.06 bits per heavy atom. The molecule has 1 heterocycles. The molecule has 1 saturated heterocycles. The van der Waals surface area contributed by atoms with Crippen molar-refractivity contribution >= 4 is 11.8 Å². The van der Waals surface area contributed by atoms with Crippen LogP contribution in [0.2, 0.25) is 0 Å². The van der Waals surface area contributed by atoms with Crippen LogP contribution in [-0.2, 0) is 9.59 Å². The summed E-state index contributed by atoms with van der Waals surface area (Å²) in [5, 5.41) is 12.1. The molecule has 0 bridgehead atoms. The van der Waals surface area contributed by atoms with E-state index in [1.54, 1.807) is 0 Å². The van der Waals surface area contributed by atoms with Gasteiger partial charge in [-0.2, -0.15) is 0 Å². The fraction of sp³-hybridized carbons (Fsp3) is 0.833. The van der Waals surface area contributed by atoms with Crippen molar-refractivity contribution in [3.8, 4) is 0 Å². The van der Waals surface area contributed by atoms with Gasteiger partial charge in [0.15, 0.2) is 0 Å². The lowest BCUT2D eigenvalue weighted by Crippen LogP contribution is -2.55. The third kappa shape index (κ3) is 4.62. The van der Waals surface area contributed by atoms with E-state index in [1.165, 1.54) is 0 Å². The van der Waals surface area contributed by atoms with E-state index in [2.05, 4.69) is 21.3 Å². The summed E-state index contributed by atoms with van der Waals surface area (Å²) in [5.74, 6) is 0.119. The van der Waals surface area contributed by atoms with Crippen molar-refractivity contribution in [3.63, 3.8) is 0 Å². The Kier molecular flexibility index (Phi) is 4.95. The van der Waals surface area contributed by atoms with Gasteiger partial charge in [-0.05, 0) is 19.3 Å². The van der Waals surface area contributed by atoms with Crippen LogP contribution in [0.15, 0.2) is 0 Å². The Balaban J connectivity index is 1.51. The fourth-order valence-corrected chi connectivity index (χ4v) is 1.95. The molecule has 1 atom stereocenters. The molecule has 0 spiro atoms. The molecule has 2 amide bonds. The van der Waals surface area contributed by atoms with Gasteiger partial charge in [0.25, 0.3) is 0 Å². The van der Waals surface area contributed by atoms with Crippen LogP contribution in [0, 0.1) is 0 Å². The minimum Gasteiger partial charge on any atom is -0.355 e. The SMILES string of the molecule is O=C(CCCNC(=O)C1CNCCN1)NC1CC1. The second kappa shape index (κ2) is 6.70. The van der Waals surface area contributed by atoms with Crippen molar-refractivity contribution in [2.45, 2.75) is 37.8 Å². The molecule has 18 heavy (non-hydrogen) atoms. The molecule has 1 saturated carbocycles. The van der Waals surface area contributed by atoms with Gasteiger partial charge in [0.1, 0.15) is 0 Å². The standard InChI is InChI=1S/C12H22N4O2/c17-11(16-9-3-4-9)2-1-5-15-12(18)10-8-13-6-7-14-10/h9-10,13-14H,1-8H2,(H,15,18)(H,16,17). The van der Waals surface area contributed by atoms with Crippen LogP contribution in [0.3, 0.4) is 0 Å². The normalized spacial score (nSPS) is 23.4. The molecule has 4 N–H and O–H groups in total. The Morgan fingerprint density at radius 3 is 2.72 bits per heavy atom. The quantitative estimate of drug-likeness (QED) is 0.445. The first-order chi connectivity index (χ1) is 8.75. The van der Waals surface area contributed by atoms with Crippen molar-refractivity contribution in [2.75, 3.05) is 26.2 Å². The molecular weight excluding hydrogens is 232 g/mol. The van der Waals surface area contributed by atoms with Gasteiger partial charge in [0.05, 0.1) is 6.04 Å². The molecular formula is C12H22N4O2. The summed E-state index contributed by atoms with van der Waals surface area (Å²) < 4.78 is 0. The first-order valence-electron chi connectivity index (χ1n) is 6.77. The van der Waals surface area contributed by atoms with Gasteiger partial charge < -0.3 is 21.3 Å². The summed E-state index contributed by atoms with van der Waals surface area (Å²) in [6, 6.07) is 0.281. The number of hydrogen-bond donors (Lipinski definition) is 4. The maximum absolute atomic E-state index is 11.7. The summed E-state index contributed by atoms with van der Waals surface area (Å²) >= 11 is 0. The van der Waals surface area contributed by atoms with E-state index in [0.717, 1.165) is 25.9 Å². The molecule has 1 aliphatic carbocycles. The topological polar surface area (TPSA) is 82.3 Å². The zero-order chi connectivity index (χ0) is 12.8. The number of carbonyl (C=O) groups excluding carboxylic acids is 2. The number of rotatable bonds is 6. The summed E-state index contributed by atoms with van der Waals surface area (Å²) in [7, 11) is 0. The largest absolute Gasteiger partial charge is 0.355 e. The third-order valence-corrected chi connectivity index (χ3v) is 3.18. The first kappa shape index (κ1) is 13.3. The number of piperazine rings is 1. The maximum Gasteiger partial charge on any atom is 0.238 e. The molecule has 6 nitrogen and oxygen atoms in total. The molecule has 2 rings (SSSR count). The Labute approximate surface area is 107 Å². The monoisotopic (exact) mass is 254 g/mol. The second-order valence-electron chi connectivity index (χ2n) is 4.95. The molecule has 6 heteroatoms. The van der Waals surface area contributed by atoms with E-state index < -0.39 is 0 Å². The van der Waals surface area contributed by atoms with E-state index in [-0.39, 0.29) is 17.9 Å². The van der Waals surface area contributed by atoms with Gasteiger partial charge in [0.2, 0.25) is 11.8 Å². The van der Waals surface area contributed by atoms with Gasteiger partial charge in [-0.1, -0.05) is 0 Å². The van der Waals surface area contributed by atoms with Crippen LogP contribution in [0.25, 0.3) is 0 Å². The average Bonchev–Trinajstić information content (AvgIpc) is 3.19. The van der Waals surface area contributed by atoms with E-state index in [9.17, 15) is 9.59 Å². The van der Waals surface area contributed by atoms with Crippen molar-refractivity contribution in [1.29, 1.82) is 0 Å². The Bertz CT molecular complexity index is 298. The molecule has 1 aliphatic heterocycles. The lowest BCUT2D eigenvalue weighted by Gasteiger charge is -2.23. The predicted octanol–water partition coefficient (Wildman–Crippen LogP) is -1.28. The summed E-state index contributed by atoms with van der Waals surface area (Å²) in [6.45, 7) is 2.97. The summed E-state index contributed by atoms with van der Waals surface area (Å²) in [6.07, 6.45) is 3.42. The molecule has 2 aliphatic rings. The zero-order valence-electron chi connectivity index (χ0n) is 10.6. The van der Waals surface area contributed by atoms with Gasteiger partial charge >= 0.3 is 0 Å². The fourth-order valence-electron chi connectivity index (χ4n) is 1.95. The summed E-state index contributed by atoms with van der Waals surface area (Å²) in [5.41, 5.74) is 0. The highest BCUT2D eigenvalue weighted by molar-refractivity contribution is 5.82. The lowest BCUT2D eigenvalue weighted by molar-refractivity contribution is -0.124. The smallest absolute Gasteiger partial charge is 0.238 e. The zero-order valence-corrected chi connectivity index (χ0v) is 10.6. The molecule has 0 radical (unpaired) electrons. The van der Waals surface area contributed by atoms with Crippen LogP contribution < -0.4 is 21.3 Å². The van der Waals surface area contributed by atoms with Crippen LogP contribution in [0.5, 0.6) is 0 Å². The number of nitrogens with one attached hydrogen (secondary N) is 4. The van der Waals surface area contributed by atoms with Crippen molar-refractivity contribution in [1.82, 2.24) is 21.3 Å². The second-order valence-corrected chi connectivity index (χ2v) is 4.95. The molecule has 102 valence electrons. The number of amides is 2. The van der Waals surface area contributed by atoms with Crippen LogP contribution in [-0.4, -0.2) is 50.1 Å². The van der Waals surface area contributed by atoms with Crippen LogP contribution >= 0.6 is 0 Å². The first-order valence-corrected chi connectivity index (χ1v) is 6.77. The highest BCUT2D eigenvalue weighted by Gasteiger charge is 2.23. The highest BCUT2D eigenvalue weighted by Crippen LogP contribution is 2.18. The van der Waals surface area contributed by atoms with Gasteiger partial charge in [-0.15, -0.1) is 0 Å². The van der Waals surface area contributed by atoms with Crippen molar-refractivity contribution < 1.29 is 9.59 Å². The summed E-state index contributed by atoms with van der Waals surface area (Å²) in [4.78, 5) is 23.1. The van der Waals surface area contributed by atoms with E-state index in [1.807, 2.05) is 0 Å². The number of hydrogen-bond acceptors (Lipinski definition) is 4. The van der Waals surface area contributed by atoms with Gasteiger partial charge in [-0.3, -0.25) is 9.59 Å². The average molecular weight is 254 g/mol. The molecule has 2 fully saturated rings. The van der Waals surface area contributed by atoms with Gasteiger partial charge in [-0.25, -0.2) is 0 Å². The van der Waals surface area contributed by atoms with Crippen LogP contribution in [0.4, 0.5) is 0 Å². The number of carbonyl (C=O) groups is 2. The lowest BCUT2D eigenvalue weighted by atomic mass is 10.2. The molecule has 1 unspecified atom stereocenters. The van der Waals surface area contributed by atoms with Gasteiger partial charge in [0, 0.05) is 38.6 Å². The van der Waals surface area contributed by atoms with E-state index >= 15 is 0 Å².